The minimum absolute atomic E-state index is 0.884. The van der Waals surface area contributed by atoms with Crippen molar-refractivity contribution in [2.75, 3.05) is 7.11 Å². The Kier molecular flexibility index (Phi) is 2.59. The first kappa shape index (κ1) is 10.4. The highest BCUT2D eigenvalue weighted by Crippen LogP contribution is 2.24. The van der Waals surface area contributed by atoms with Crippen LogP contribution in [0.2, 0.25) is 0 Å². The van der Waals surface area contributed by atoms with Crippen molar-refractivity contribution in [3.63, 3.8) is 0 Å². The Bertz CT molecular complexity index is 514. The number of aryl methyl sites for hydroxylation is 1. The highest BCUT2D eigenvalue weighted by Gasteiger charge is 2.15. The predicted molar refractivity (Wildman–Crippen MR) is 66.8 cm³/mol. The molecule has 0 unspecified atom stereocenters. The van der Waals surface area contributed by atoms with E-state index in [1.807, 2.05) is 18.3 Å². The van der Waals surface area contributed by atoms with Crippen LogP contribution >= 0.6 is 0 Å². The molecule has 3 nitrogen and oxygen atoms in total. The van der Waals surface area contributed by atoms with Crippen molar-refractivity contribution in [1.82, 2.24) is 9.78 Å². The third-order valence-corrected chi connectivity index (χ3v) is 3.38. The molecule has 0 radical (unpaired) electrons. The van der Waals surface area contributed by atoms with E-state index >= 15 is 0 Å². The SMILES string of the molecule is COc1ccc(-n2ncc3c2CCCC3)cc1. The van der Waals surface area contributed by atoms with Gasteiger partial charge in [0.05, 0.1) is 19.0 Å². The van der Waals surface area contributed by atoms with Crippen LogP contribution in [-0.4, -0.2) is 16.9 Å². The normalized spacial score (nSPS) is 14.4. The lowest BCUT2D eigenvalue weighted by molar-refractivity contribution is 0.414. The molecule has 3 heteroatoms. The van der Waals surface area contributed by atoms with Gasteiger partial charge >= 0.3 is 0 Å². The summed E-state index contributed by atoms with van der Waals surface area (Å²) in [4.78, 5) is 0. The summed E-state index contributed by atoms with van der Waals surface area (Å²) in [6.45, 7) is 0. The number of fused-ring (bicyclic) bond motifs is 1. The molecule has 3 rings (SSSR count). The predicted octanol–water partition coefficient (Wildman–Crippen LogP) is 2.76. The van der Waals surface area contributed by atoms with E-state index in [9.17, 15) is 0 Å². The maximum atomic E-state index is 5.17. The van der Waals surface area contributed by atoms with Crippen molar-refractivity contribution in [3.8, 4) is 11.4 Å². The Balaban J connectivity index is 2.00. The summed E-state index contributed by atoms with van der Waals surface area (Å²) in [5, 5.41) is 4.50. The zero-order chi connectivity index (χ0) is 11.7. The fraction of sp³-hybridized carbons (Fsp3) is 0.357. The molecule has 17 heavy (non-hydrogen) atoms. The molecule has 0 saturated heterocycles. The summed E-state index contributed by atoms with van der Waals surface area (Å²) in [5.41, 5.74) is 3.91. The molecule has 88 valence electrons. The van der Waals surface area contributed by atoms with Gasteiger partial charge in [0.15, 0.2) is 0 Å². The quantitative estimate of drug-likeness (QED) is 0.790. The lowest BCUT2D eigenvalue weighted by atomic mass is 9.98. The van der Waals surface area contributed by atoms with Gasteiger partial charge in [-0.05, 0) is 55.5 Å². The highest BCUT2D eigenvalue weighted by molar-refractivity contribution is 5.39. The molecule has 1 aliphatic rings. The number of ether oxygens (including phenoxy) is 1. The van der Waals surface area contributed by atoms with Gasteiger partial charge < -0.3 is 4.74 Å². The number of aromatic nitrogens is 2. The van der Waals surface area contributed by atoms with Crippen LogP contribution in [0.4, 0.5) is 0 Å². The first-order valence-electron chi connectivity index (χ1n) is 6.08. The van der Waals surface area contributed by atoms with Crippen LogP contribution in [0.5, 0.6) is 5.75 Å². The third kappa shape index (κ3) is 1.82. The number of nitrogens with zero attached hydrogens (tertiary/aromatic N) is 2. The van der Waals surface area contributed by atoms with Crippen LogP contribution in [0.1, 0.15) is 24.1 Å². The van der Waals surface area contributed by atoms with Gasteiger partial charge in [0.25, 0.3) is 0 Å². The van der Waals surface area contributed by atoms with Gasteiger partial charge in [-0.1, -0.05) is 0 Å². The molecule has 0 spiro atoms. The van der Waals surface area contributed by atoms with E-state index in [-0.39, 0.29) is 0 Å². The summed E-state index contributed by atoms with van der Waals surface area (Å²) in [6.07, 6.45) is 6.89. The summed E-state index contributed by atoms with van der Waals surface area (Å²) in [5.74, 6) is 0.884. The smallest absolute Gasteiger partial charge is 0.119 e. The number of rotatable bonds is 2. The molecular weight excluding hydrogens is 212 g/mol. The van der Waals surface area contributed by atoms with Crippen molar-refractivity contribution < 1.29 is 4.74 Å². The lowest BCUT2D eigenvalue weighted by Crippen LogP contribution is -2.07. The van der Waals surface area contributed by atoms with Crippen LogP contribution in [-0.2, 0) is 12.8 Å². The van der Waals surface area contributed by atoms with E-state index in [4.69, 9.17) is 4.74 Å². The summed E-state index contributed by atoms with van der Waals surface area (Å²) >= 11 is 0. The van der Waals surface area contributed by atoms with Gasteiger partial charge in [-0.15, -0.1) is 0 Å². The van der Waals surface area contributed by atoms with Gasteiger partial charge in [-0.2, -0.15) is 5.10 Å². The fourth-order valence-electron chi connectivity index (χ4n) is 2.44. The minimum atomic E-state index is 0.884. The zero-order valence-corrected chi connectivity index (χ0v) is 10.0. The number of hydrogen-bond acceptors (Lipinski definition) is 2. The Hall–Kier alpha value is -1.77. The maximum absolute atomic E-state index is 5.17. The molecule has 1 aromatic heterocycles. The molecule has 0 aliphatic heterocycles. The van der Waals surface area contributed by atoms with E-state index in [2.05, 4.69) is 21.9 Å². The second kappa shape index (κ2) is 4.24. The van der Waals surface area contributed by atoms with E-state index in [0.29, 0.717) is 0 Å². The van der Waals surface area contributed by atoms with Crippen LogP contribution in [0.3, 0.4) is 0 Å². The summed E-state index contributed by atoms with van der Waals surface area (Å²) in [6, 6.07) is 8.07. The number of benzene rings is 1. The Morgan fingerprint density at radius 3 is 2.65 bits per heavy atom. The van der Waals surface area contributed by atoms with E-state index in [0.717, 1.165) is 17.9 Å². The molecule has 0 saturated carbocycles. The van der Waals surface area contributed by atoms with Gasteiger partial charge in [0, 0.05) is 5.69 Å². The van der Waals surface area contributed by atoms with Gasteiger partial charge in [0.1, 0.15) is 5.75 Å². The summed E-state index contributed by atoms with van der Waals surface area (Å²) in [7, 11) is 1.69. The Labute approximate surface area is 101 Å². The molecule has 0 amide bonds. The second-order valence-electron chi connectivity index (χ2n) is 4.43. The largest absolute Gasteiger partial charge is 0.497 e. The van der Waals surface area contributed by atoms with E-state index < -0.39 is 0 Å². The topological polar surface area (TPSA) is 27.1 Å². The molecule has 1 aromatic carbocycles. The number of methoxy groups -OCH3 is 1. The number of hydrogen-bond donors (Lipinski definition) is 0. The van der Waals surface area contributed by atoms with E-state index in [1.165, 1.54) is 30.5 Å². The molecule has 2 aromatic rings. The van der Waals surface area contributed by atoms with Gasteiger partial charge in [-0.25, -0.2) is 4.68 Å². The molecule has 0 fully saturated rings. The average molecular weight is 228 g/mol. The molecule has 0 N–H and O–H groups in total. The van der Waals surface area contributed by atoms with E-state index in [1.54, 1.807) is 7.11 Å². The zero-order valence-electron chi connectivity index (χ0n) is 10.0. The lowest BCUT2D eigenvalue weighted by Gasteiger charge is -2.14. The third-order valence-electron chi connectivity index (χ3n) is 3.38. The average Bonchev–Trinajstić information content (AvgIpc) is 2.83. The maximum Gasteiger partial charge on any atom is 0.119 e. The van der Waals surface area contributed by atoms with Crippen LogP contribution < -0.4 is 4.74 Å². The molecular formula is C14H16N2O. The highest BCUT2D eigenvalue weighted by atomic mass is 16.5. The Morgan fingerprint density at radius 2 is 1.88 bits per heavy atom. The first-order chi connectivity index (χ1) is 8.38. The van der Waals surface area contributed by atoms with Crippen LogP contribution in [0, 0.1) is 0 Å². The van der Waals surface area contributed by atoms with Crippen LogP contribution in [0.15, 0.2) is 30.5 Å². The van der Waals surface area contributed by atoms with Crippen molar-refractivity contribution in [3.05, 3.63) is 41.7 Å². The van der Waals surface area contributed by atoms with Crippen molar-refractivity contribution >= 4 is 0 Å². The first-order valence-corrected chi connectivity index (χ1v) is 6.08. The minimum Gasteiger partial charge on any atom is -0.497 e. The summed E-state index contributed by atoms with van der Waals surface area (Å²) < 4.78 is 7.23. The molecule has 1 aliphatic carbocycles. The molecule has 0 bridgehead atoms. The Morgan fingerprint density at radius 1 is 1.12 bits per heavy atom. The molecule has 1 heterocycles. The monoisotopic (exact) mass is 228 g/mol. The fourth-order valence-corrected chi connectivity index (χ4v) is 2.44. The van der Waals surface area contributed by atoms with Gasteiger partial charge in [-0.3, -0.25) is 0 Å². The standard InChI is InChI=1S/C14H16N2O/c1-17-13-8-6-12(7-9-13)16-14-5-3-2-4-11(14)10-15-16/h6-10H,2-5H2,1H3. The second-order valence-corrected chi connectivity index (χ2v) is 4.43. The van der Waals surface area contributed by atoms with Crippen molar-refractivity contribution in [2.24, 2.45) is 0 Å². The van der Waals surface area contributed by atoms with Crippen molar-refractivity contribution in [2.45, 2.75) is 25.7 Å². The van der Waals surface area contributed by atoms with Crippen molar-refractivity contribution in [1.29, 1.82) is 0 Å². The van der Waals surface area contributed by atoms with Gasteiger partial charge in [0.2, 0.25) is 0 Å². The molecule has 0 atom stereocenters. The van der Waals surface area contributed by atoms with Crippen LogP contribution in [0.25, 0.3) is 5.69 Å².